The van der Waals surface area contributed by atoms with Gasteiger partial charge in [0.15, 0.2) is 5.82 Å². The van der Waals surface area contributed by atoms with Gasteiger partial charge in [-0.2, -0.15) is 0 Å². The zero-order valence-corrected chi connectivity index (χ0v) is 12.3. The van der Waals surface area contributed by atoms with E-state index in [2.05, 4.69) is 20.7 Å². The monoisotopic (exact) mass is 287 g/mol. The molecule has 0 bridgehead atoms. The van der Waals surface area contributed by atoms with E-state index in [9.17, 15) is 4.21 Å². The number of anilines is 2. The highest BCUT2D eigenvalue weighted by Gasteiger charge is 2.07. The van der Waals surface area contributed by atoms with Crippen LogP contribution in [0.1, 0.15) is 19.2 Å². The third-order valence-corrected chi connectivity index (χ3v) is 3.99. The van der Waals surface area contributed by atoms with Gasteiger partial charge in [0.1, 0.15) is 18.2 Å². The fourth-order valence-corrected chi connectivity index (χ4v) is 1.87. The first-order valence-electron chi connectivity index (χ1n) is 5.96. The molecule has 108 valence electrons. The van der Waals surface area contributed by atoms with Gasteiger partial charge >= 0.3 is 0 Å². The van der Waals surface area contributed by atoms with Crippen LogP contribution in [0, 0.1) is 0 Å². The lowest BCUT2D eigenvalue weighted by molar-refractivity contribution is 0.178. The molecule has 0 aliphatic heterocycles. The number of aromatic nitrogens is 2. The second-order valence-electron chi connectivity index (χ2n) is 4.16. The molecular weight excluding hydrogens is 266 g/mol. The fourth-order valence-electron chi connectivity index (χ4n) is 1.42. The van der Waals surface area contributed by atoms with Crippen LogP contribution in [-0.2, 0) is 22.1 Å². The summed E-state index contributed by atoms with van der Waals surface area (Å²) in [5, 5.41) is 3.32. The van der Waals surface area contributed by atoms with Crippen molar-refractivity contribution in [1.82, 2.24) is 9.97 Å². The van der Waals surface area contributed by atoms with Gasteiger partial charge in [0.2, 0.25) is 0 Å². The van der Waals surface area contributed by atoms with Crippen LogP contribution in [0.2, 0.25) is 0 Å². The summed E-state index contributed by atoms with van der Waals surface area (Å²) < 4.78 is 16.2. The molecule has 1 heterocycles. The predicted molar refractivity (Wildman–Crippen MR) is 77.2 cm³/mol. The molecule has 2 unspecified atom stereocenters. The minimum Gasteiger partial charge on any atom is -0.377 e. The first-order chi connectivity index (χ1) is 9.06. The normalized spacial score (nSPS) is 13.9. The number of hydrazine groups is 1. The molecule has 19 heavy (non-hydrogen) atoms. The number of hydrogen-bond acceptors (Lipinski definition) is 7. The Hall–Kier alpha value is -1.25. The van der Waals surface area contributed by atoms with Gasteiger partial charge in [-0.1, -0.05) is 6.92 Å². The summed E-state index contributed by atoms with van der Waals surface area (Å²) in [6, 6.07) is 1.72. The summed E-state index contributed by atoms with van der Waals surface area (Å²) >= 11 is 0. The van der Waals surface area contributed by atoms with Crippen molar-refractivity contribution in [1.29, 1.82) is 0 Å². The number of rotatable bonds is 8. The van der Waals surface area contributed by atoms with Gasteiger partial charge in [0.05, 0.1) is 0 Å². The van der Waals surface area contributed by atoms with Crippen LogP contribution in [0.3, 0.4) is 0 Å². The van der Waals surface area contributed by atoms with Crippen LogP contribution in [0.15, 0.2) is 6.07 Å². The summed E-state index contributed by atoms with van der Waals surface area (Å²) in [7, 11) is 0.774. The second kappa shape index (κ2) is 8.03. The Balaban J connectivity index is 2.61. The Morgan fingerprint density at radius 1 is 1.47 bits per heavy atom. The lowest BCUT2D eigenvalue weighted by Gasteiger charge is -2.11. The maximum atomic E-state index is 11.2. The first kappa shape index (κ1) is 15.8. The number of ether oxygens (including phenoxy) is 1. The average Bonchev–Trinajstić information content (AvgIpc) is 2.38. The lowest BCUT2D eigenvalue weighted by atomic mass is 10.3. The van der Waals surface area contributed by atoms with Crippen molar-refractivity contribution < 1.29 is 8.95 Å². The Kier molecular flexibility index (Phi) is 6.68. The van der Waals surface area contributed by atoms with Crippen LogP contribution >= 0.6 is 0 Å². The molecule has 0 spiro atoms. The van der Waals surface area contributed by atoms with Crippen LogP contribution < -0.4 is 16.6 Å². The number of nitrogens with zero attached hydrogens (tertiary/aromatic N) is 2. The standard InChI is InChI=1S/C11H21N5O2S/c1-8(19(3)17)4-5-13-9-6-10(16-12)15-11(14-9)7-18-2/h6,8H,4-5,7,12H2,1-3H3,(H2,13,14,15,16). The Morgan fingerprint density at radius 3 is 2.74 bits per heavy atom. The van der Waals surface area contributed by atoms with Crippen LogP contribution in [0.25, 0.3) is 0 Å². The molecule has 8 heteroatoms. The summed E-state index contributed by atoms with van der Waals surface area (Å²) in [5.41, 5.74) is 2.49. The first-order valence-corrected chi connectivity index (χ1v) is 7.58. The molecule has 0 aliphatic carbocycles. The molecule has 0 saturated carbocycles. The summed E-state index contributed by atoms with van der Waals surface area (Å²) in [4.78, 5) is 8.45. The smallest absolute Gasteiger partial charge is 0.158 e. The van der Waals surface area contributed by atoms with Crippen LogP contribution in [-0.4, -0.2) is 39.3 Å². The van der Waals surface area contributed by atoms with E-state index < -0.39 is 10.8 Å². The number of nitrogens with one attached hydrogen (secondary N) is 2. The van der Waals surface area contributed by atoms with Crippen molar-refractivity contribution in [3.63, 3.8) is 0 Å². The van der Waals surface area contributed by atoms with Gasteiger partial charge in [-0.05, 0) is 6.42 Å². The van der Waals surface area contributed by atoms with Crippen molar-refractivity contribution in [2.45, 2.75) is 25.2 Å². The lowest BCUT2D eigenvalue weighted by Crippen LogP contribution is -2.16. The Bertz CT molecular complexity index is 430. The minimum atomic E-state index is -0.807. The van der Waals surface area contributed by atoms with Gasteiger partial charge in [-0.15, -0.1) is 0 Å². The van der Waals surface area contributed by atoms with E-state index in [4.69, 9.17) is 10.6 Å². The number of methoxy groups -OCH3 is 1. The summed E-state index contributed by atoms with van der Waals surface area (Å²) in [5.74, 6) is 7.10. The minimum absolute atomic E-state index is 0.153. The molecule has 1 rings (SSSR count). The third-order valence-electron chi connectivity index (χ3n) is 2.62. The van der Waals surface area contributed by atoms with Gasteiger partial charge < -0.3 is 15.5 Å². The maximum absolute atomic E-state index is 11.2. The van der Waals surface area contributed by atoms with E-state index in [1.54, 1.807) is 19.4 Å². The second-order valence-corrected chi connectivity index (χ2v) is 5.96. The Labute approximate surface area is 115 Å². The summed E-state index contributed by atoms with van der Waals surface area (Å²) in [6.45, 7) is 2.97. The molecule has 2 atom stereocenters. The van der Waals surface area contributed by atoms with E-state index in [0.717, 1.165) is 6.42 Å². The fraction of sp³-hybridized carbons (Fsp3) is 0.636. The van der Waals surface area contributed by atoms with Crippen LogP contribution in [0.5, 0.6) is 0 Å². The highest BCUT2D eigenvalue weighted by Crippen LogP contribution is 2.11. The van der Waals surface area contributed by atoms with E-state index >= 15 is 0 Å². The zero-order chi connectivity index (χ0) is 14.3. The van der Waals surface area contributed by atoms with Gasteiger partial charge in [0, 0.05) is 42.0 Å². The molecule has 0 radical (unpaired) electrons. The molecule has 1 aromatic rings. The number of nitrogens with two attached hydrogens (primary N) is 1. The molecule has 1 aromatic heterocycles. The molecule has 0 aliphatic rings. The van der Waals surface area contributed by atoms with Gasteiger partial charge in [-0.3, -0.25) is 4.21 Å². The Morgan fingerprint density at radius 2 is 2.16 bits per heavy atom. The molecule has 0 fully saturated rings. The molecule has 0 saturated heterocycles. The van der Waals surface area contributed by atoms with Gasteiger partial charge in [0.25, 0.3) is 0 Å². The van der Waals surface area contributed by atoms with Crippen molar-refractivity contribution in [2.24, 2.45) is 5.84 Å². The quantitative estimate of drug-likeness (QED) is 0.472. The van der Waals surface area contributed by atoms with Crippen LogP contribution in [0.4, 0.5) is 11.6 Å². The van der Waals surface area contributed by atoms with E-state index in [0.29, 0.717) is 30.6 Å². The van der Waals surface area contributed by atoms with E-state index in [1.807, 2.05) is 6.92 Å². The van der Waals surface area contributed by atoms with Crippen molar-refractivity contribution in [3.05, 3.63) is 11.9 Å². The molecule has 7 nitrogen and oxygen atoms in total. The molecule has 4 N–H and O–H groups in total. The topological polar surface area (TPSA) is 102 Å². The average molecular weight is 287 g/mol. The van der Waals surface area contributed by atoms with Gasteiger partial charge in [-0.25, -0.2) is 15.8 Å². The predicted octanol–water partition coefficient (Wildman–Crippen LogP) is 0.478. The largest absolute Gasteiger partial charge is 0.377 e. The zero-order valence-electron chi connectivity index (χ0n) is 11.5. The maximum Gasteiger partial charge on any atom is 0.158 e. The number of nitrogen functional groups attached to an aromatic ring is 1. The van der Waals surface area contributed by atoms with Crippen molar-refractivity contribution in [2.75, 3.05) is 30.7 Å². The molecular formula is C11H21N5O2S. The van der Waals surface area contributed by atoms with Crippen molar-refractivity contribution in [3.8, 4) is 0 Å². The van der Waals surface area contributed by atoms with Crippen molar-refractivity contribution >= 4 is 22.4 Å². The molecule has 0 amide bonds. The number of hydrogen-bond donors (Lipinski definition) is 3. The van der Waals surface area contributed by atoms with E-state index in [1.165, 1.54) is 0 Å². The molecule has 0 aromatic carbocycles. The highest BCUT2D eigenvalue weighted by atomic mass is 32.2. The summed E-state index contributed by atoms with van der Waals surface area (Å²) in [6.07, 6.45) is 2.51. The highest BCUT2D eigenvalue weighted by molar-refractivity contribution is 7.84. The SMILES string of the molecule is COCc1nc(NN)cc(NCCC(C)S(C)=O)n1. The third kappa shape index (κ3) is 5.50. The van der Waals surface area contributed by atoms with E-state index in [-0.39, 0.29) is 5.25 Å².